The molecule has 0 bridgehead atoms. The van der Waals surface area contributed by atoms with Crippen molar-refractivity contribution >= 4 is 35.5 Å². The summed E-state index contributed by atoms with van der Waals surface area (Å²) < 4.78 is 6.01. The number of aliphatic hydroxyl groups excluding tert-OH is 2. The van der Waals surface area contributed by atoms with Crippen LogP contribution < -0.4 is 26.6 Å². The molecule has 1 aliphatic heterocycles. The maximum Gasteiger partial charge on any atom is 0.329 e. The number of carbonyl (C=O) groups is 6. The van der Waals surface area contributed by atoms with E-state index in [1.54, 1.807) is 37.3 Å². The van der Waals surface area contributed by atoms with Gasteiger partial charge >= 0.3 is 5.97 Å². The van der Waals surface area contributed by atoms with E-state index in [4.69, 9.17) is 4.74 Å². The molecule has 0 spiro atoms. The Labute approximate surface area is 320 Å². The van der Waals surface area contributed by atoms with E-state index in [2.05, 4.69) is 33.5 Å². The fourth-order valence-corrected chi connectivity index (χ4v) is 6.30. The number of ether oxygens (including phenoxy) is 1. The van der Waals surface area contributed by atoms with Crippen LogP contribution in [0.5, 0.6) is 0 Å². The standard InChI is InChI=1S/C40H65N5O9/c1-7-9-10-11-12-13-17-20-29-23-33(48)41-30(21-25(3)4)36(49)43-32(24-46)38(51)45-35(27(6)47)39(52)42-31(22-28-18-15-14-16-19-28)37(50)44-34(26(5)8-2)40(53)54-29/h14-16,18-19,25-27,29-32,34-35,46-47H,7-13,17,20-24H2,1-6H3,(H,41,48)(H,42,52)(H,43,49)(H,44,50)(H,45,51)/t26-,27-,29-,30-,31-,32+,34+,35+/m1/s1. The summed E-state index contributed by atoms with van der Waals surface area (Å²) >= 11 is 0. The summed E-state index contributed by atoms with van der Waals surface area (Å²) in [5.74, 6) is -5.02. The summed E-state index contributed by atoms with van der Waals surface area (Å²) in [4.78, 5) is 82.0. The van der Waals surface area contributed by atoms with E-state index in [1.165, 1.54) is 6.92 Å². The molecule has 8 atom stereocenters. The molecular weight excluding hydrogens is 694 g/mol. The second-order valence-corrected chi connectivity index (χ2v) is 15.0. The minimum absolute atomic E-state index is 0.00871. The van der Waals surface area contributed by atoms with E-state index < -0.39 is 90.4 Å². The Morgan fingerprint density at radius 1 is 0.704 bits per heavy atom. The first kappa shape index (κ1) is 46.1. The van der Waals surface area contributed by atoms with Crippen molar-refractivity contribution in [1.82, 2.24) is 26.6 Å². The molecule has 2 rings (SSSR count). The summed E-state index contributed by atoms with van der Waals surface area (Å²) in [5.41, 5.74) is 0.691. The van der Waals surface area contributed by atoms with Gasteiger partial charge in [0, 0.05) is 6.42 Å². The zero-order valence-electron chi connectivity index (χ0n) is 33.0. The van der Waals surface area contributed by atoms with Gasteiger partial charge < -0.3 is 41.5 Å². The molecule has 304 valence electrons. The van der Waals surface area contributed by atoms with E-state index >= 15 is 0 Å². The van der Waals surface area contributed by atoms with Gasteiger partial charge in [0.05, 0.1) is 19.1 Å². The minimum Gasteiger partial charge on any atom is -0.460 e. The summed E-state index contributed by atoms with van der Waals surface area (Å²) in [6, 6.07) is 2.27. The van der Waals surface area contributed by atoms with Crippen LogP contribution in [-0.4, -0.2) is 94.7 Å². The molecule has 0 saturated carbocycles. The Hall–Kier alpha value is -4.04. The van der Waals surface area contributed by atoms with Crippen molar-refractivity contribution in [2.24, 2.45) is 11.8 Å². The van der Waals surface area contributed by atoms with Crippen molar-refractivity contribution in [1.29, 1.82) is 0 Å². The number of nitrogens with one attached hydrogen (secondary N) is 5. The number of benzene rings is 1. The summed E-state index contributed by atoms with van der Waals surface area (Å²) in [7, 11) is 0. The number of carbonyl (C=O) groups excluding carboxylic acids is 6. The molecule has 0 unspecified atom stereocenters. The molecule has 54 heavy (non-hydrogen) atoms. The minimum atomic E-state index is -1.59. The van der Waals surface area contributed by atoms with Gasteiger partial charge in [-0.15, -0.1) is 0 Å². The first-order valence-corrected chi connectivity index (χ1v) is 19.7. The van der Waals surface area contributed by atoms with Crippen LogP contribution in [0.15, 0.2) is 30.3 Å². The second-order valence-electron chi connectivity index (χ2n) is 15.0. The molecule has 0 radical (unpaired) electrons. The monoisotopic (exact) mass is 759 g/mol. The van der Waals surface area contributed by atoms with Crippen molar-refractivity contribution in [2.45, 2.75) is 161 Å². The van der Waals surface area contributed by atoms with Gasteiger partial charge in [0.15, 0.2) is 0 Å². The Kier molecular flexibility index (Phi) is 20.8. The average molecular weight is 760 g/mol. The first-order chi connectivity index (χ1) is 25.7. The number of esters is 1. The van der Waals surface area contributed by atoms with E-state index in [9.17, 15) is 39.0 Å². The number of hydrogen-bond donors (Lipinski definition) is 7. The van der Waals surface area contributed by atoms with Crippen LogP contribution in [0, 0.1) is 11.8 Å². The summed E-state index contributed by atoms with van der Waals surface area (Å²) in [6.07, 6.45) is 5.61. The van der Waals surface area contributed by atoms with E-state index in [0.29, 0.717) is 24.8 Å². The van der Waals surface area contributed by atoms with Gasteiger partial charge in [-0.1, -0.05) is 110 Å². The Morgan fingerprint density at radius 2 is 1.28 bits per heavy atom. The second kappa shape index (κ2) is 24.4. The third-order valence-corrected chi connectivity index (χ3v) is 9.74. The molecule has 1 aromatic rings. The van der Waals surface area contributed by atoms with Gasteiger partial charge in [-0.3, -0.25) is 24.0 Å². The molecule has 0 aliphatic carbocycles. The van der Waals surface area contributed by atoms with Gasteiger partial charge in [0.1, 0.15) is 36.3 Å². The topological polar surface area (TPSA) is 212 Å². The lowest BCUT2D eigenvalue weighted by Gasteiger charge is -2.29. The number of unbranched alkanes of at least 4 members (excludes halogenated alkanes) is 6. The molecule has 1 aromatic carbocycles. The summed E-state index contributed by atoms with van der Waals surface area (Å²) in [5, 5.41) is 33.7. The van der Waals surface area contributed by atoms with E-state index in [-0.39, 0.29) is 25.2 Å². The van der Waals surface area contributed by atoms with Crippen molar-refractivity contribution in [2.75, 3.05) is 6.61 Å². The SMILES string of the molecule is CCCCCCCCC[C@@H]1CC(=O)N[C@H](CC(C)C)C(=O)N[C@@H](CO)C(=O)N[C@@H]([C@@H](C)O)C(=O)N[C@H](Cc2ccccc2)C(=O)N[C@@H]([C@H](C)CC)C(=O)O1. The maximum absolute atomic E-state index is 14.0. The smallest absolute Gasteiger partial charge is 0.329 e. The largest absolute Gasteiger partial charge is 0.460 e. The van der Waals surface area contributed by atoms with Crippen LogP contribution in [0.1, 0.15) is 118 Å². The quantitative estimate of drug-likeness (QED) is 0.0974. The highest BCUT2D eigenvalue weighted by atomic mass is 16.5. The first-order valence-electron chi connectivity index (χ1n) is 19.7. The fourth-order valence-electron chi connectivity index (χ4n) is 6.30. The lowest BCUT2D eigenvalue weighted by molar-refractivity contribution is -0.156. The molecule has 14 nitrogen and oxygen atoms in total. The van der Waals surface area contributed by atoms with Gasteiger partial charge in [0.2, 0.25) is 29.5 Å². The van der Waals surface area contributed by atoms with Gasteiger partial charge in [-0.05, 0) is 43.6 Å². The van der Waals surface area contributed by atoms with Gasteiger partial charge in [-0.2, -0.15) is 0 Å². The van der Waals surface area contributed by atoms with Crippen molar-refractivity contribution in [3.63, 3.8) is 0 Å². The van der Waals surface area contributed by atoms with Crippen molar-refractivity contribution in [3.05, 3.63) is 35.9 Å². The lowest BCUT2D eigenvalue weighted by Crippen LogP contribution is -2.62. The lowest BCUT2D eigenvalue weighted by atomic mass is 9.97. The highest BCUT2D eigenvalue weighted by Crippen LogP contribution is 2.18. The Bertz CT molecular complexity index is 1340. The normalized spacial score (nSPS) is 25.1. The van der Waals surface area contributed by atoms with Crippen LogP contribution >= 0.6 is 0 Å². The predicted molar refractivity (Wildman–Crippen MR) is 205 cm³/mol. The highest BCUT2D eigenvalue weighted by molar-refractivity contribution is 5.96. The van der Waals surface area contributed by atoms with Crippen LogP contribution in [0.25, 0.3) is 0 Å². The third-order valence-electron chi connectivity index (χ3n) is 9.74. The maximum atomic E-state index is 14.0. The average Bonchev–Trinajstić information content (AvgIpc) is 3.12. The Balaban J connectivity index is 2.56. The number of hydrogen-bond acceptors (Lipinski definition) is 9. The highest BCUT2D eigenvalue weighted by Gasteiger charge is 2.37. The molecule has 0 aromatic heterocycles. The molecule has 7 N–H and O–H groups in total. The van der Waals surface area contributed by atoms with E-state index in [1.807, 2.05) is 20.8 Å². The fraction of sp³-hybridized carbons (Fsp3) is 0.700. The number of aliphatic hydroxyl groups is 2. The number of rotatable bonds is 16. The van der Waals surface area contributed by atoms with Crippen LogP contribution in [-0.2, 0) is 39.9 Å². The van der Waals surface area contributed by atoms with Gasteiger partial charge in [-0.25, -0.2) is 4.79 Å². The van der Waals surface area contributed by atoms with Crippen molar-refractivity contribution in [3.8, 4) is 0 Å². The molecule has 1 aliphatic rings. The Morgan fingerprint density at radius 3 is 1.87 bits per heavy atom. The number of cyclic esters (lactones) is 1. The zero-order chi connectivity index (χ0) is 40.2. The zero-order valence-corrected chi connectivity index (χ0v) is 33.0. The molecule has 5 amide bonds. The molecule has 1 fully saturated rings. The van der Waals surface area contributed by atoms with Crippen molar-refractivity contribution < 1.29 is 43.7 Å². The molecule has 1 heterocycles. The van der Waals surface area contributed by atoms with E-state index in [0.717, 1.165) is 38.5 Å². The predicted octanol–water partition coefficient (Wildman–Crippen LogP) is 2.57. The third kappa shape index (κ3) is 16.1. The molecule has 1 saturated heterocycles. The summed E-state index contributed by atoms with van der Waals surface area (Å²) in [6.45, 7) is 9.94. The van der Waals surface area contributed by atoms with Crippen LogP contribution in [0.4, 0.5) is 0 Å². The number of amides is 5. The van der Waals surface area contributed by atoms with Crippen LogP contribution in [0.3, 0.4) is 0 Å². The molecule has 14 heteroatoms. The molecular formula is C40H65N5O9. The van der Waals surface area contributed by atoms with Gasteiger partial charge in [0.25, 0.3) is 0 Å². The van der Waals surface area contributed by atoms with Crippen LogP contribution in [0.2, 0.25) is 0 Å².